The Hall–Kier alpha value is -0.670. The molecule has 2 rings (SSSR count). The highest BCUT2D eigenvalue weighted by Gasteiger charge is 2.25. The molecule has 20 heavy (non-hydrogen) atoms. The predicted molar refractivity (Wildman–Crippen MR) is 75.3 cm³/mol. The minimum atomic E-state index is -3.69. The zero-order chi connectivity index (χ0) is 14.8. The van der Waals surface area contributed by atoms with E-state index in [9.17, 15) is 8.42 Å². The molecule has 1 fully saturated rings. The van der Waals surface area contributed by atoms with Crippen molar-refractivity contribution in [1.29, 1.82) is 0 Å². The second-order valence-electron chi connectivity index (χ2n) is 4.89. The summed E-state index contributed by atoms with van der Waals surface area (Å²) in [5.41, 5.74) is 0. The standard InChI is InChI=1S/C11H19ClN4O3S/c1-9(7-16-3-5-19-6-4-16)14-20(17,18)11-10(12)15(2)8-13-11/h8-9,14H,3-7H2,1-2H3/t9-/m1/s1. The lowest BCUT2D eigenvalue weighted by Crippen LogP contribution is -2.46. The van der Waals surface area contributed by atoms with E-state index in [0.29, 0.717) is 19.8 Å². The van der Waals surface area contributed by atoms with Crippen molar-refractivity contribution in [3.05, 3.63) is 11.5 Å². The molecule has 0 spiro atoms. The highest BCUT2D eigenvalue weighted by molar-refractivity contribution is 7.89. The number of rotatable bonds is 5. The van der Waals surface area contributed by atoms with Crippen LogP contribution in [0.4, 0.5) is 0 Å². The first-order valence-electron chi connectivity index (χ1n) is 6.39. The van der Waals surface area contributed by atoms with Gasteiger partial charge in [0.2, 0.25) is 5.03 Å². The molecule has 1 atom stereocenters. The molecule has 1 aliphatic rings. The summed E-state index contributed by atoms with van der Waals surface area (Å²) >= 11 is 5.92. The van der Waals surface area contributed by atoms with Gasteiger partial charge in [0, 0.05) is 32.7 Å². The normalized spacial score (nSPS) is 19.1. The number of ether oxygens (including phenoxy) is 1. The summed E-state index contributed by atoms with van der Waals surface area (Å²) < 4.78 is 33.7. The highest BCUT2D eigenvalue weighted by Crippen LogP contribution is 2.18. The van der Waals surface area contributed by atoms with E-state index in [0.717, 1.165) is 13.1 Å². The van der Waals surface area contributed by atoms with E-state index in [1.165, 1.54) is 10.9 Å². The molecule has 1 N–H and O–H groups in total. The molecule has 0 saturated carbocycles. The molecule has 1 saturated heterocycles. The second-order valence-corrected chi connectivity index (χ2v) is 6.87. The van der Waals surface area contributed by atoms with Gasteiger partial charge in [-0.1, -0.05) is 11.6 Å². The molecule has 1 aromatic rings. The quantitative estimate of drug-likeness (QED) is 0.830. The monoisotopic (exact) mass is 322 g/mol. The van der Waals surface area contributed by atoms with Crippen LogP contribution in [-0.4, -0.2) is 61.8 Å². The van der Waals surface area contributed by atoms with Gasteiger partial charge in [0.15, 0.2) is 0 Å². The highest BCUT2D eigenvalue weighted by atomic mass is 35.5. The Morgan fingerprint density at radius 1 is 1.50 bits per heavy atom. The van der Waals surface area contributed by atoms with Crippen LogP contribution in [0.15, 0.2) is 11.4 Å². The van der Waals surface area contributed by atoms with Gasteiger partial charge in [-0.15, -0.1) is 0 Å². The topological polar surface area (TPSA) is 76.5 Å². The molecule has 2 heterocycles. The summed E-state index contributed by atoms with van der Waals surface area (Å²) in [5, 5.41) is -0.0217. The van der Waals surface area contributed by atoms with Crippen LogP contribution in [0, 0.1) is 0 Å². The van der Waals surface area contributed by atoms with Crippen LogP contribution >= 0.6 is 11.6 Å². The molecule has 0 unspecified atom stereocenters. The number of aryl methyl sites for hydroxylation is 1. The van der Waals surface area contributed by atoms with Gasteiger partial charge in [0.25, 0.3) is 10.0 Å². The Balaban J connectivity index is 1.99. The molecule has 1 aromatic heterocycles. The smallest absolute Gasteiger partial charge is 0.261 e. The van der Waals surface area contributed by atoms with Crippen molar-refractivity contribution < 1.29 is 13.2 Å². The van der Waals surface area contributed by atoms with E-state index in [1.54, 1.807) is 7.05 Å². The Labute approximate surface area is 123 Å². The van der Waals surface area contributed by atoms with Crippen LogP contribution in [0.25, 0.3) is 0 Å². The van der Waals surface area contributed by atoms with Gasteiger partial charge in [0.05, 0.1) is 19.5 Å². The fraction of sp³-hybridized carbons (Fsp3) is 0.727. The SMILES string of the molecule is C[C@H](CN1CCOCC1)NS(=O)(=O)c1ncn(C)c1Cl. The average Bonchev–Trinajstić information content (AvgIpc) is 2.71. The maximum Gasteiger partial charge on any atom is 0.261 e. The minimum absolute atomic E-state index is 0.107. The second kappa shape index (κ2) is 6.40. The van der Waals surface area contributed by atoms with Gasteiger partial charge in [-0.2, -0.15) is 0 Å². The zero-order valence-corrected chi connectivity index (χ0v) is 13.1. The third-order valence-electron chi connectivity index (χ3n) is 3.08. The molecule has 0 aliphatic carbocycles. The number of imidazole rings is 1. The number of nitrogens with zero attached hydrogens (tertiary/aromatic N) is 3. The fourth-order valence-electron chi connectivity index (χ4n) is 2.10. The van der Waals surface area contributed by atoms with Gasteiger partial charge in [-0.3, -0.25) is 4.90 Å². The van der Waals surface area contributed by atoms with Crippen molar-refractivity contribution >= 4 is 21.6 Å². The fourth-order valence-corrected chi connectivity index (χ4v) is 3.77. The summed E-state index contributed by atoms with van der Waals surface area (Å²) in [5.74, 6) is 0. The number of nitrogens with one attached hydrogen (secondary N) is 1. The van der Waals surface area contributed by atoms with Crippen molar-refractivity contribution in [3.63, 3.8) is 0 Å². The lowest BCUT2D eigenvalue weighted by Gasteiger charge is -2.29. The number of sulfonamides is 1. The molecule has 0 bridgehead atoms. The van der Waals surface area contributed by atoms with E-state index < -0.39 is 10.0 Å². The molecule has 0 amide bonds. The third-order valence-corrected chi connectivity index (χ3v) is 5.16. The van der Waals surface area contributed by atoms with Crippen LogP contribution in [0.5, 0.6) is 0 Å². The molecular weight excluding hydrogens is 304 g/mol. The first-order valence-corrected chi connectivity index (χ1v) is 8.25. The third kappa shape index (κ3) is 3.70. The number of aromatic nitrogens is 2. The Kier molecular flexibility index (Phi) is 5.03. The Bertz CT molecular complexity index is 554. The first kappa shape index (κ1) is 15.7. The van der Waals surface area contributed by atoms with Crippen LogP contribution in [-0.2, 0) is 21.8 Å². The van der Waals surface area contributed by atoms with Crippen molar-refractivity contribution in [2.24, 2.45) is 7.05 Å². The average molecular weight is 323 g/mol. The van der Waals surface area contributed by atoms with Gasteiger partial charge in [-0.05, 0) is 6.92 Å². The molecular formula is C11H19ClN4O3S. The number of hydrogen-bond acceptors (Lipinski definition) is 5. The van der Waals surface area contributed by atoms with Crippen molar-refractivity contribution in [1.82, 2.24) is 19.2 Å². The van der Waals surface area contributed by atoms with E-state index in [1.807, 2.05) is 6.92 Å². The van der Waals surface area contributed by atoms with Crippen LogP contribution in [0.2, 0.25) is 5.15 Å². The zero-order valence-electron chi connectivity index (χ0n) is 11.5. The van der Waals surface area contributed by atoms with E-state index in [-0.39, 0.29) is 16.2 Å². The first-order chi connectivity index (χ1) is 9.40. The minimum Gasteiger partial charge on any atom is -0.379 e. The van der Waals surface area contributed by atoms with Crippen LogP contribution in [0.1, 0.15) is 6.92 Å². The Morgan fingerprint density at radius 3 is 2.70 bits per heavy atom. The number of morpholine rings is 1. The van der Waals surface area contributed by atoms with E-state index >= 15 is 0 Å². The maximum absolute atomic E-state index is 12.2. The molecule has 0 radical (unpaired) electrons. The number of hydrogen-bond donors (Lipinski definition) is 1. The molecule has 9 heteroatoms. The molecule has 0 aromatic carbocycles. The van der Waals surface area contributed by atoms with Gasteiger partial charge in [0.1, 0.15) is 5.15 Å². The van der Waals surface area contributed by atoms with Gasteiger partial charge >= 0.3 is 0 Å². The predicted octanol–water partition coefficient (Wildman–Crippen LogP) is 0.0725. The van der Waals surface area contributed by atoms with Gasteiger partial charge < -0.3 is 9.30 Å². The lowest BCUT2D eigenvalue weighted by molar-refractivity contribution is 0.0354. The molecule has 7 nitrogen and oxygen atoms in total. The van der Waals surface area contributed by atoms with Crippen molar-refractivity contribution in [3.8, 4) is 0 Å². The summed E-state index contributed by atoms with van der Waals surface area (Å²) in [6, 6.07) is -0.226. The van der Waals surface area contributed by atoms with Crippen molar-refractivity contribution in [2.75, 3.05) is 32.8 Å². The molecule has 1 aliphatic heterocycles. The van der Waals surface area contributed by atoms with Crippen LogP contribution in [0.3, 0.4) is 0 Å². The molecule has 114 valence electrons. The van der Waals surface area contributed by atoms with E-state index in [2.05, 4.69) is 14.6 Å². The number of halogens is 1. The summed E-state index contributed by atoms with van der Waals surface area (Å²) in [4.78, 5) is 6.00. The maximum atomic E-state index is 12.2. The summed E-state index contributed by atoms with van der Waals surface area (Å²) in [7, 11) is -2.05. The lowest BCUT2D eigenvalue weighted by atomic mass is 10.3. The summed E-state index contributed by atoms with van der Waals surface area (Å²) in [6.45, 7) is 5.46. The van der Waals surface area contributed by atoms with E-state index in [4.69, 9.17) is 16.3 Å². The largest absolute Gasteiger partial charge is 0.379 e. The van der Waals surface area contributed by atoms with Crippen LogP contribution < -0.4 is 4.72 Å². The van der Waals surface area contributed by atoms with Crippen molar-refractivity contribution in [2.45, 2.75) is 18.0 Å². The summed E-state index contributed by atoms with van der Waals surface area (Å²) in [6.07, 6.45) is 1.38. The Morgan fingerprint density at radius 2 is 2.15 bits per heavy atom. The van der Waals surface area contributed by atoms with Gasteiger partial charge in [-0.25, -0.2) is 18.1 Å².